The summed E-state index contributed by atoms with van der Waals surface area (Å²) >= 11 is 1.96. The van der Waals surface area contributed by atoms with Crippen molar-refractivity contribution in [3.63, 3.8) is 0 Å². The molecule has 1 aliphatic rings. The average Bonchev–Trinajstić information content (AvgIpc) is 2.20. The van der Waals surface area contributed by atoms with Crippen LogP contribution in [0, 0.1) is 5.92 Å². The largest absolute Gasteiger partial charge is 0.310 e. The van der Waals surface area contributed by atoms with Crippen LogP contribution in [0.4, 0.5) is 0 Å². The zero-order valence-electron chi connectivity index (χ0n) is 9.88. The molecule has 1 N–H and O–H groups in total. The van der Waals surface area contributed by atoms with E-state index in [1.807, 2.05) is 11.8 Å². The summed E-state index contributed by atoms with van der Waals surface area (Å²) < 4.78 is 0. The first-order chi connectivity index (χ1) is 6.77. The van der Waals surface area contributed by atoms with E-state index in [2.05, 4.69) is 25.4 Å². The zero-order chi connectivity index (χ0) is 10.4. The van der Waals surface area contributed by atoms with Crippen molar-refractivity contribution in [1.29, 1.82) is 0 Å². The van der Waals surface area contributed by atoms with Crippen LogP contribution in [0.15, 0.2) is 0 Å². The lowest BCUT2D eigenvalue weighted by molar-refractivity contribution is 0.262. The van der Waals surface area contributed by atoms with Crippen LogP contribution in [0.25, 0.3) is 0 Å². The molecule has 1 saturated carbocycles. The fourth-order valence-corrected chi connectivity index (χ4v) is 3.09. The third-order valence-electron chi connectivity index (χ3n) is 3.42. The third kappa shape index (κ3) is 3.82. The second-order valence-corrected chi connectivity index (χ2v) is 5.51. The van der Waals surface area contributed by atoms with Crippen LogP contribution < -0.4 is 5.32 Å². The number of rotatable bonds is 5. The highest BCUT2D eigenvalue weighted by molar-refractivity contribution is 7.98. The number of thioether (sulfide) groups is 1. The van der Waals surface area contributed by atoms with Crippen molar-refractivity contribution in [3.05, 3.63) is 0 Å². The van der Waals surface area contributed by atoms with Crippen molar-refractivity contribution in [1.82, 2.24) is 5.32 Å². The summed E-state index contributed by atoms with van der Waals surface area (Å²) in [5.74, 6) is 2.15. The summed E-state index contributed by atoms with van der Waals surface area (Å²) in [5, 5.41) is 3.84. The maximum absolute atomic E-state index is 3.84. The molecule has 3 unspecified atom stereocenters. The molecule has 0 spiro atoms. The van der Waals surface area contributed by atoms with Gasteiger partial charge in [0.25, 0.3) is 0 Å². The summed E-state index contributed by atoms with van der Waals surface area (Å²) in [6.45, 7) is 4.70. The van der Waals surface area contributed by atoms with Crippen molar-refractivity contribution < 1.29 is 0 Å². The van der Waals surface area contributed by atoms with Gasteiger partial charge in [-0.25, -0.2) is 0 Å². The molecule has 0 amide bonds. The van der Waals surface area contributed by atoms with Crippen LogP contribution in [0.2, 0.25) is 0 Å². The summed E-state index contributed by atoms with van der Waals surface area (Å²) in [6.07, 6.45) is 9.16. The third-order valence-corrected chi connectivity index (χ3v) is 4.16. The van der Waals surface area contributed by atoms with Crippen LogP contribution in [0.3, 0.4) is 0 Å². The normalized spacial score (nSPS) is 30.2. The molecular weight excluding hydrogens is 190 g/mol. The molecule has 3 atom stereocenters. The number of hydrogen-bond donors (Lipinski definition) is 1. The van der Waals surface area contributed by atoms with E-state index in [-0.39, 0.29) is 0 Å². The van der Waals surface area contributed by atoms with Crippen molar-refractivity contribution in [2.75, 3.05) is 12.0 Å². The van der Waals surface area contributed by atoms with Gasteiger partial charge >= 0.3 is 0 Å². The lowest BCUT2D eigenvalue weighted by atomic mass is 9.85. The average molecular weight is 215 g/mol. The Kier molecular flexibility index (Phi) is 5.95. The van der Waals surface area contributed by atoms with E-state index >= 15 is 0 Å². The van der Waals surface area contributed by atoms with Gasteiger partial charge in [0.15, 0.2) is 0 Å². The van der Waals surface area contributed by atoms with E-state index in [1.54, 1.807) is 0 Å². The Morgan fingerprint density at radius 3 is 2.64 bits per heavy atom. The highest BCUT2D eigenvalue weighted by Crippen LogP contribution is 2.24. The van der Waals surface area contributed by atoms with E-state index in [0.29, 0.717) is 0 Å². The lowest BCUT2D eigenvalue weighted by Crippen LogP contribution is -2.44. The van der Waals surface area contributed by atoms with E-state index in [9.17, 15) is 0 Å². The number of hydrogen-bond acceptors (Lipinski definition) is 2. The van der Waals surface area contributed by atoms with Gasteiger partial charge in [0, 0.05) is 17.8 Å². The molecule has 1 nitrogen and oxygen atoms in total. The SMILES string of the molecule is CCC(CSC)NC1CCCCC1C. The molecule has 0 radical (unpaired) electrons. The van der Waals surface area contributed by atoms with Gasteiger partial charge in [0.1, 0.15) is 0 Å². The van der Waals surface area contributed by atoms with Gasteiger partial charge in [-0.2, -0.15) is 11.8 Å². The molecule has 0 aromatic carbocycles. The predicted molar refractivity (Wildman–Crippen MR) is 67.0 cm³/mol. The van der Waals surface area contributed by atoms with E-state index in [0.717, 1.165) is 18.0 Å². The second kappa shape index (κ2) is 6.73. The van der Waals surface area contributed by atoms with Gasteiger partial charge in [-0.3, -0.25) is 0 Å². The predicted octanol–water partition coefficient (Wildman–Crippen LogP) is 3.30. The van der Waals surface area contributed by atoms with Crippen LogP contribution in [0.5, 0.6) is 0 Å². The smallest absolute Gasteiger partial charge is 0.0158 e. The van der Waals surface area contributed by atoms with Gasteiger partial charge in [-0.1, -0.05) is 26.7 Å². The van der Waals surface area contributed by atoms with Gasteiger partial charge in [0.05, 0.1) is 0 Å². The summed E-state index contributed by atoms with van der Waals surface area (Å²) in [6, 6.07) is 1.52. The highest BCUT2D eigenvalue weighted by atomic mass is 32.2. The molecule has 14 heavy (non-hydrogen) atoms. The standard InChI is InChI=1S/C12H25NS/c1-4-11(9-14-3)13-12-8-6-5-7-10(12)2/h10-13H,4-9H2,1-3H3. The van der Waals surface area contributed by atoms with Crippen LogP contribution in [-0.2, 0) is 0 Å². The zero-order valence-corrected chi connectivity index (χ0v) is 10.7. The topological polar surface area (TPSA) is 12.0 Å². The Morgan fingerprint density at radius 2 is 2.07 bits per heavy atom. The first-order valence-corrected chi connectivity index (χ1v) is 7.42. The molecule has 1 rings (SSSR count). The van der Waals surface area contributed by atoms with E-state index in [1.165, 1.54) is 37.9 Å². The Morgan fingerprint density at radius 1 is 1.36 bits per heavy atom. The molecule has 0 aromatic rings. The Labute approximate surface area is 93.4 Å². The van der Waals surface area contributed by atoms with Crippen molar-refractivity contribution in [2.24, 2.45) is 5.92 Å². The van der Waals surface area contributed by atoms with Gasteiger partial charge < -0.3 is 5.32 Å². The quantitative estimate of drug-likeness (QED) is 0.755. The van der Waals surface area contributed by atoms with E-state index < -0.39 is 0 Å². The molecule has 1 aliphatic carbocycles. The van der Waals surface area contributed by atoms with Gasteiger partial charge in [-0.15, -0.1) is 0 Å². The van der Waals surface area contributed by atoms with Crippen molar-refractivity contribution >= 4 is 11.8 Å². The molecule has 0 bridgehead atoms. The Hall–Kier alpha value is 0.310. The molecule has 0 saturated heterocycles. The maximum atomic E-state index is 3.84. The van der Waals surface area contributed by atoms with Crippen LogP contribution in [-0.4, -0.2) is 24.1 Å². The first kappa shape index (κ1) is 12.4. The summed E-state index contributed by atoms with van der Waals surface area (Å²) in [7, 11) is 0. The van der Waals surface area contributed by atoms with E-state index in [4.69, 9.17) is 0 Å². The van der Waals surface area contributed by atoms with Gasteiger partial charge in [0.2, 0.25) is 0 Å². The second-order valence-electron chi connectivity index (χ2n) is 4.60. The monoisotopic (exact) mass is 215 g/mol. The Bertz CT molecular complexity index is 149. The minimum absolute atomic E-state index is 0.732. The molecule has 1 fully saturated rings. The van der Waals surface area contributed by atoms with Crippen molar-refractivity contribution in [3.8, 4) is 0 Å². The first-order valence-electron chi connectivity index (χ1n) is 6.03. The molecule has 2 heteroatoms. The lowest BCUT2D eigenvalue weighted by Gasteiger charge is -2.33. The molecule has 0 aliphatic heterocycles. The van der Waals surface area contributed by atoms with Gasteiger partial charge in [-0.05, 0) is 31.4 Å². The highest BCUT2D eigenvalue weighted by Gasteiger charge is 2.22. The summed E-state index contributed by atoms with van der Waals surface area (Å²) in [4.78, 5) is 0. The minimum atomic E-state index is 0.732. The van der Waals surface area contributed by atoms with Crippen molar-refractivity contribution in [2.45, 2.75) is 58.0 Å². The fraction of sp³-hybridized carbons (Fsp3) is 1.00. The number of nitrogens with one attached hydrogen (secondary N) is 1. The fourth-order valence-electron chi connectivity index (χ4n) is 2.35. The minimum Gasteiger partial charge on any atom is -0.310 e. The Balaban J connectivity index is 2.31. The molecular formula is C12H25NS. The molecule has 0 aromatic heterocycles. The van der Waals surface area contributed by atoms with Crippen LogP contribution in [0.1, 0.15) is 46.0 Å². The molecule has 0 heterocycles. The molecule has 84 valence electrons. The summed E-state index contributed by atoms with van der Waals surface area (Å²) in [5.41, 5.74) is 0. The van der Waals surface area contributed by atoms with Crippen LogP contribution >= 0.6 is 11.8 Å². The maximum Gasteiger partial charge on any atom is 0.0158 e.